The number of fused-ring (bicyclic) bond motifs is 1. The number of guanidine groups is 1. The first-order valence-corrected chi connectivity index (χ1v) is 6.98. The number of nitrogens with zero attached hydrogens (tertiary/aromatic N) is 2. The van der Waals surface area contributed by atoms with E-state index in [1.165, 1.54) is 0 Å². The summed E-state index contributed by atoms with van der Waals surface area (Å²) in [6, 6.07) is 16.8. The first-order chi connectivity index (χ1) is 11.2. The lowest BCUT2D eigenvalue weighted by Gasteiger charge is -2.09. The van der Waals surface area contributed by atoms with E-state index in [-0.39, 0.29) is 5.96 Å². The third kappa shape index (κ3) is 2.96. The quantitative estimate of drug-likeness (QED) is 0.298. The van der Waals surface area contributed by atoms with Crippen molar-refractivity contribution < 1.29 is 4.79 Å². The number of carbonyl (C=O) groups excluding carboxylic acids is 1. The molecule has 0 aliphatic heterocycles. The SMILES string of the molecule is NC(=Nc1cc(-c2ccccc2N)nc2ccccc12)NC=O. The van der Waals surface area contributed by atoms with Gasteiger partial charge in [-0.3, -0.25) is 10.1 Å². The predicted molar refractivity (Wildman–Crippen MR) is 92.1 cm³/mol. The maximum Gasteiger partial charge on any atom is 0.213 e. The van der Waals surface area contributed by atoms with Gasteiger partial charge in [0.2, 0.25) is 6.41 Å². The van der Waals surface area contributed by atoms with Crippen LogP contribution in [0, 0.1) is 0 Å². The molecular formula is C17H15N5O. The van der Waals surface area contributed by atoms with Crippen LogP contribution in [0.2, 0.25) is 0 Å². The van der Waals surface area contributed by atoms with Crippen molar-refractivity contribution in [3.05, 3.63) is 54.6 Å². The smallest absolute Gasteiger partial charge is 0.213 e. The molecular weight excluding hydrogens is 290 g/mol. The molecule has 1 heterocycles. The lowest BCUT2D eigenvalue weighted by atomic mass is 10.1. The van der Waals surface area contributed by atoms with Crippen molar-refractivity contribution in [2.75, 3.05) is 5.73 Å². The fraction of sp³-hybridized carbons (Fsp3) is 0. The van der Waals surface area contributed by atoms with Crippen LogP contribution in [-0.4, -0.2) is 17.4 Å². The fourth-order valence-corrected chi connectivity index (χ4v) is 2.34. The molecule has 0 atom stereocenters. The molecule has 0 spiro atoms. The third-order valence-electron chi connectivity index (χ3n) is 3.38. The molecule has 114 valence electrons. The van der Waals surface area contributed by atoms with Crippen molar-refractivity contribution in [1.29, 1.82) is 0 Å². The zero-order valence-electron chi connectivity index (χ0n) is 12.2. The Balaban J connectivity index is 2.24. The van der Waals surface area contributed by atoms with Crippen LogP contribution in [0.4, 0.5) is 11.4 Å². The molecule has 6 heteroatoms. The normalized spacial score (nSPS) is 11.4. The van der Waals surface area contributed by atoms with Crippen molar-refractivity contribution in [3.8, 4) is 11.3 Å². The summed E-state index contributed by atoms with van der Waals surface area (Å²) in [5, 5.41) is 3.17. The van der Waals surface area contributed by atoms with Crippen LogP contribution in [0.25, 0.3) is 22.2 Å². The van der Waals surface area contributed by atoms with Gasteiger partial charge in [0.15, 0.2) is 5.96 Å². The average molecular weight is 305 g/mol. The van der Waals surface area contributed by atoms with Crippen LogP contribution < -0.4 is 16.8 Å². The Morgan fingerprint density at radius 2 is 1.87 bits per heavy atom. The van der Waals surface area contributed by atoms with E-state index >= 15 is 0 Å². The van der Waals surface area contributed by atoms with Gasteiger partial charge in [-0.1, -0.05) is 36.4 Å². The molecule has 3 aromatic rings. The summed E-state index contributed by atoms with van der Waals surface area (Å²) in [5.74, 6) is 0.0170. The van der Waals surface area contributed by atoms with E-state index in [1.54, 1.807) is 6.07 Å². The topological polar surface area (TPSA) is 106 Å². The first kappa shape index (κ1) is 14.5. The van der Waals surface area contributed by atoms with Crippen LogP contribution in [0.5, 0.6) is 0 Å². The van der Waals surface area contributed by atoms with Crippen molar-refractivity contribution in [3.63, 3.8) is 0 Å². The summed E-state index contributed by atoms with van der Waals surface area (Å²) in [4.78, 5) is 19.4. The summed E-state index contributed by atoms with van der Waals surface area (Å²) in [7, 11) is 0. The lowest BCUT2D eigenvalue weighted by Crippen LogP contribution is -2.29. The number of nitrogens with one attached hydrogen (secondary N) is 1. The van der Waals surface area contributed by atoms with Crippen LogP contribution in [0.15, 0.2) is 59.6 Å². The third-order valence-corrected chi connectivity index (χ3v) is 3.38. The number of aliphatic imine (C=N–C) groups is 1. The second kappa shape index (κ2) is 6.15. The number of nitrogen functional groups attached to an aromatic ring is 1. The summed E-state index contributed by atoms with van der Waals surface area (Å²) in [6.07, 6.45) is 0.484. The molecule has 0 unspecified atom stereocenters. The number of amides is 1. The number of hydrogen-bond acceptors (Lipinski definition) is 4. The predicted octanol–water partition coefficient (Wildman–Crippen LogP) is 2.18. The van der Waals surface area contributed by atoms with Crippen molar-refractivity contribution in [1.82, 2.24) is 10.3 Å². The number of anilines is 1. The zero-order chi connectivity index (χ0) is 16.2. The Hall–Kier alpha value is -3.41. The number of para-hydroxylation sites is 2. The number of benzene rings is 2. The second-order valence-corrected chi connectivity index (χ2v) is 4.89. The minimum atomic E-state index is 0.0170. The molecule has 0 saturated carbocycles. The molecule has 1 amide bonds. The van der Waals surface area contributed by atoms with Gasteiger partial charge in [-0.15, -0.1) is 0 Å². The van der Waals surface area contributed by atoms with Gasteiger partial charge in [0, 0.05) is 16.6 Å². The van der Waals surface area contributed by atoms with Gasteiger partial charge in [0.05, 0.1) is 16.9 Å². The summed E-state index contributed by atoms with van der Waals surface area (Å²) in [5.41, 5.74) is 15.2. The van der Waals surface area contributed by atoms with Gasteiger partial charge in [-0.05, 0) is 18.2 Å². The Morgan fingerprint density at radius 3 is 2.65 bits per heavy atom. The van der Waals surface area contributed by atoms with Crippen molar-refractivity contribution in [2.45, 2.75) is 0 Å². The van der Waals surface area contributed by atoms with Gasteiger partial charge < -0.3 is 11.5 Å². The molecule has 6 nitrogen and oxygen atoms in total. The minimum absolute atomic E-state index is 0.0170. The maximum atomic E-state index is 10.5. The van der Waals surface area contributed by atoms with E-state index in [4.69, 9.17) is 11.5 Å². The average Bonchev–Trinajstić information content (AvgIpc) is 2.55. The van der Waals surface area contributed by atoms with Crippen molar-refractivity contribution in [2.24, 2.45) is 10.7 Å². The molecule has 2 aromatic carbocycles. The van der Waals surface area contributed by atoms with E-state index in [9.17, 15) is 4.79 Å². The van der Waals surface area contributed by atoms with E-state index in [0.29, 0.717) is 23.5 Å². The minimum Gasteiger partial charge on any atom is -0.398 e. The highest BCUT2D eigenvalue weighted by atomic mass is 16.1. The van der Waals surface area contributed by atoms with E-state index in [1.807, 2.05) is 48.5 Å². The van der Waals surface area contributed by atoms with Gasteiger partial charge in [-0.25, -0.2) is 9.98 Å². The first-order valence-electron chi connectivity index (χ1n) is 6.98. The molecule has 0 bridgehead atoms. The van der Waals surface area contributed by atoms with Crippen LogP contribution in [0.3, 0.4) is 0 Å². The largest absolute Gasteiger partial charge is 0.398 e. The molecule has 1 aromatic heterocycles. The summed E-state index contributed by atoms with van der Waals surface area (Å²) in [6.45, 7) is 0. The number of pyridine rings is 1. The monoisotopic (exact) mass is 305 g/mol. The molecule has 3 rings (SSSR count). The standard InChI is InChI=1S/C17H15N5O/c18-13-7-3-1-5-11(13)15-9-16(22-17(19)20-10-23)12-6-2-4-8-14(12)21-15/h1-10H,18H2,(H3,19,20,21,22,23). The number of hydrogen-bond donors (Lipinski definition) is 3. The van der Waals surface area contributed by atoms with Gasteiger partial charge >= 0.3 is 0 Å². The zero-order valence-corrected chi connectivity index (χ0v) is 12.2. The Bertz CT molecular complexity index is 904. The Kier molecular flexibility index (Phi) is 3.88. The lowest BCUT2D eigenvalue weighted by molar-refractivity contribution is -0.108. The number of aromatic nitrogens is 1. The molecule has 0 saturated heterocycles. The van der Waals surface area contributed by atoms with Gasteiger partial charge in [0.25, 0.3) is 0 Å². The molecule has 0 aliphatic carbocycles. The van der Waals surface area contributed by atoms with Crippen molar-refractivity contribution >= 4 is 34.6 Å². The van der Waals surface area contributed by atoms with E-state index < -0.39 is 0 Å². The highest BCUT2D eigenvalue weighted by Gasteiger charge is 2.09. The van der Waals surface area contributed by atoms with Gasteiger partial charge in [-0.2, -0.15) is 0 Å². The van der Waals surface area contributed by atoms with Crippen LogP contribution in [-0.2, 0) is 4.79 Å². The molecule has 5 N–H and O–H groups in total. The summed E-state index contributed by atoms with van der Waals surface area (Å²) < 4.78 is 0. The van der Waals surface area contributed by atoms with E-state index in [0.717, 1.165) is 16.5 Å². The molecule has 0 radical (unpaired) electrons. The van der Waals surface area contributed by atoms with E-state index in [2.05, 4.69) is 15.3 Å². The van der Waals surface area contributed by atoms with Crippen LogP contribution >= 0.6 is 0 Å². The Labute approximate surface area is 132 Å². The number of nitrogens with two attached hydrogens (primary N) is 2. The molecule has 0 aliphatic rings. The molecule has 23 heavy (non-hydrogen) atoms. The summed E-state index contributed by atoms with van der Waals surface area (Å²) >= 11 is 0. The second-order valence-electron chi connectivity index (χ2n) is 4.89. The number of carbonyl (C=O) groups is 1. The molecule has 0 fully saturated rings. The van der Waals surface area contributed by atoms with Crippen LogP contribution in [0.1, 0.15) is 0 Å². The highest BCUT2D eigenvalue weighted by molar-refractivity contribution is 5.97. The van der Waals surface area contributed by atoms with Gasteiger partial charge in [0.1, 0.15) is 0 Å². The fourth-order valence-electron chi connectivity index (χ4n) is 2.34. The number of rotatable bonds is 3. The maximum absolute atomic E-state index is 10.5. The Morgan fingerprint density at radius 1 is 1.13 bits per heavy atom. The highest BCUT2D eigenvalue weighted by Crippen LogP contribution is 2.32.